The van der Waals surface area contributed by atoms with E-state index in [0.29, 0.717) is 24.1 Å². The molecule has 1 saturated carbocycles. The van der Waals surface area contributed by atoms with Crippen LogP contribution in [0.5, 0.6) is 0 Å². The van der Waals surface area contributed by atoms with Crippen LogP contribution in [0.15, 0.2) is 24.3 Å². The zero-order valence-electron chi connectivity index (χ0n) is 10.6. The molecule has 0 saturated heterocycles. The third-order valence-corrected chi connectivity index (χ3v) is 3.63. The molecule has 1 aromatic rings. The van der Waals surface area contributed by atoms with Crippen LogP contribution in [0, 0.1) is 28.1 Å². The number of rotatable bonds is 2. The molecule has 96 valence electrons. The van der Waals surface area contributed by atoms with Crippen LogP contribution in [0.25, 0.3) is 0 Å². The normalized spacial score (nSPS) is 16.9. The van der Waals surface area contributed by atoms with Crippen molar-refractivity contribution in [3.05, 3.63) is 29.8 Å². The highest BCUT2D eigenvalue weighted by Crippen LogP contribution is 2.36. The van der Waals surface area contributed by atoms with Crippen molar-refractivity contribution in [2.45, 2.75) is 32.1 Å². The minimum absolute atomic E-state index is 0.223. The van der Waals surface area contributed by atoms with E-state index in [1.165, 1.54) is 0 Å². The Morgan fingerprint density at radius 2 is 1.74 bits per heavy atom. The quantitative estimate of drug-likeness (QED) is 0.880. The Morgan fingerprint density at radius 1 is 1.11 bits per heavy atom. The molecule has 1 aliphatic rings. The third-order valence-electron chi connectivity index (χ3n) is 3.63. The van der Waals surface area contributed by atoms with E-state index in [2.05, 4.69) is 11.4 Å². The lowest BCUT2D eigenvalue weighted by atomic mass is 9.74. The SMILES string of the molecule is N#Cc1ccc(NC(=O)C2(C#N)CCCCC2)cc1. The summed E-state index contributed by atoms with van der Waals surface area (Å²) in [5, 5.41) is 20.8. The van der Waals surface area contributed by atoms with E-state index in [-0.39, 0.29) is 5.91 Å². The summed E-state index contributed by atoms with van der Waals surface area (Å²) in [5.41, 5.74) is 0.293. The number of nitrogens with one attached hydrogen (secondary N) is 1. The number of carbonyl (C=O) groups is 1. The molecule has 0 spiro atoms. The van der Waals surface area contributed by atoms with E-state index in [4.69, 9.17) is 5.26 Å². The second kappa shape index (κ2) is 5.54. The molecule has 4 nitrogen and oxygen atoms in total. The van der Waals surface area contributed by atoms with Crippen LogP contribution < -0.4 is 5.32 Å². The van der Waals surface area contributed by atoms with Crippen LogP contribution in [0.2, 0.25) is 0 Å². The predicted octanol–water partition coefficient (Wildman–Crippen LogP) is 2.97. The van der Waals surface area contributed by atoms with Gasteiger partial charge in [0.25, 0.3) is 0 Å². The zero-order valence-corrected chi connectivity index (χ0v) is 10.6. The van der Waals surface area contributed by atoms with E-state index in [9.17, 15) is 10.1 Å². The van der Waals surface area contributed by atoms with Crippen LogP contribution in [-0.4, -0.2) is 5.91 Å². The van der Waals surface area contributed by atoms with Crippen molar-refractivity contribution in [1.82, 2.24) is 0 Å². The van der Waals surface area contributed by atoms with Gasteiger partial charge < -0.3 is 5.32 Å². The topological polar surface area (TPSA) is 76.7 Å². The molecule has 0 aliphatic heterocycles. The first-order valence-corrected chi connectivity index (χ1v) is 6.43. The van der Waals surface area contributed by atoms with Crippen molar-refractivity contribution in [3.63, 3.8) is 0 Å². The highest BCUT2D eigenvalue weighted by molar-refractivity contribution is 5.97. The number of nitrogens with zero attached hydrogens (tertiary/aromatic N) is 2. The van der Waals surface area contributed by atoms with Crippen molar-refractivity contribution < 1.29 is 4.79 Å². The molecule has 0 heterocycles. The largest absolute Gasteiger partial charge is 0.325 e. The van der Waals surface area contributed by atoms with Gasteiger partial charge in [0.15, 0.2) is 0 Å². The fourth-order valence-corrected chi connectivity index (χ4v) is 2.42. The summed E-state index contributed by atoms with van der Waals surface area (Å²) in [5.74, 6) is -0.223. The van der Waals surface area contributed by atoms with Crippen molar-refractivity contribution in [2.24, 2.45) is 5.41 Å². The van der Waals surface area contributed by atoms with E-state index in [0.717, 1.165) is 19.3 Å². The van der Waals surface area contributed by atoms with Gasteiger partial charge >= 0.3 is 0 Å². The van der Waals surface area contributed by atoms with Gasteiger partial charge in [0.2, 0.25) is 5.91 Å². The lowest BCUT2D eigenvalue weighted by Crippen LogP contribution is -2.36. The Kier molecular flexibility index (Phi) is 3.82. The summed E-state index contributed by atoms with van der Waals surface area (Å²) >= 11 is 0. The van der Waals surface area contributed by atoms with E-state index >= 15 is 0 Å². The second-order valence-corrected chi connectivity index (χ2v) is 4.90. The molecule has 0 unspecified atom stereocenters. The summed E-state index contributed by atoms with van der Waals surface area (Å²) in [7, 11) is 0. The molecule has 0 radical (unpaired) electrons. The molecule has 2 rings (SSSR count). The molecule has 0 aromatic heterocycles. The van der Waals surface area contributed by atoms with Gasteiger partial charge in [-0.25, -0.2) is 0 Å². The lowest BCUT2D eigenvalue weighted by molar-refractivity contribution is -0.124. The van der Waals surface area contributed by atoms with E-state index < -0.39 is 5.41 Å². The minimum atomic E-state index is -0.883. The molecular weight excluding hydrogens is 238 g/mol. The molecule has 0 bridgehead atoms. The Labute approximate surface area is 112 Å². The Hall–Kier alpha value is -2.33. The smallest absolute Gasteiger partial charge is 0.244 e. The Bertz CT molecular complexity index is 542. The average Bonchev–Trinajstić information content (AvgIpc) is 2.48. The zero-order chi connectivity index (χ0) is 13.7. The highest BCUT2D eigenvalue weighted by atomic mass is 16.2. The average molecular weight is 253 g/mol. The standard InChI is InChI=1S/C15H15N3O/c16-10-12-4-6-13(7-5-12)18-14(19)15(11-17)8-2-1-3-9-15/h4-7H,1-3,8-9H2,(H,18,19). The first-order chi connectivity index (χ1) is 9.20. The van der Waals surface area contributed by atoms with Crippen LogP contribution in [0.4, 0.5) is 5.69 Å². The van der Waals surface area contributed by atoms with Gasteiger partial charge in [-0.3, -0.25) is 4.79 Å². The van der Waals surface area contributed by atoms with Gasteiger partial charge in [-0.05, 0) is 37.1 Å². The Morgan fingerprint density at radius 3 is 2.26 bits per heavy atom. The summed E-state index contributed by atoms with van der Waals surface area (Å²) in [6.07, 6.45) is 4.20. The fourth-order valence-electron chi connectivity index (χ4n) is 2.42. The van der Waals surface area contributed by atoms with Gasteiger partial charge in [-0.2, -0.15) is 10.5 Å². The van der Waals surface area contributed by atoms with Gasteiger partial charge in [0.1, 0.15) is 5.41 Å². The van der Waals surface area contributed by atoms with Crippen molar-refractivity contribution in [3.8, 4) is 12.1 Å². The fraction of sp³-hybridized carbons (Fsp3) is 0.400. The molecular formula is C15H15N3O. The molecule has 0 atom stereocenters. The molecule has 4 heteroatoms. The molecule has 1 fully saturated rings. The van der Waals surface area contributed by atoms with Crippen LogP contribution in [-0.2, 0) is 4.79 Å². The summed E-state index contributed by atoms with van der Waals surface area (Å²) < 4.78 is 0. The molecule has 1 aromatic carbocycles. The number of hydrogen-bond donors (Lipinski definition) is 1. The van der Waals surface area contributed by atoms with Crippen LogP contribution >= 0.6 is 0 Å². The predicted molar refractivity (Wildman–Crippen MR) is 70.9 cm³/mol. The maximum absolute atomic E-state index is 12.3. The van der Waals surface area contributed by atoms with Gasteiger partial charge in [0, 0.05) is 5.69 Å². The van der Waals surface area contributed by atoms with Crippen LogP contribution in [0.1, 0.15) is 37.7 Å². The number of anilines is 1. The number of benzene rings is 1. The number of nitriles is 2. The first kappa shape index (κ1) is 13.1. The minimum Gasteiger partial charge on any atom is -0.325 e. The van der Waals surface area contributed by atoms with Crippen molar-refractivity contribution in [2.75, 3.05) is 5.32 Å². The molecule has 19 heavy (non-hydrogen) atoms. The monoisotopic (exact) mass is 253 g/mol. The first-order valence-electron chi connectivity index (χ1n) is 6.43. The van der Waals surface area contributed by atoms with E-state index in [1.54, 1.807) is 24.3 Å². The number of carbonyl (C=O) groups excluding carboxylic acids is 1. The summed E-state index contributed by atoms with van der Waals surface area (Å²) in [4.78, 5) is 12.3. The lowest BCUT2D eigenvalue weighted by Gasteiger charge is -2.29. The molecule has 1 N–H and O–H groups in total. The third kappa shape index (κ3) is 2.74. The maximum atomic E-state index is 12.3. The maximum Gasteiger partial charge on any atom is 0.244 e. The summed E-state index contributed by atoms with van der Waals surface area (Å²) in [6, 6.07) is 10.9. The summed E-state index contributed by atoms with van der Waals surface area (Å²) in [6.45, 7) is 0. The van der Waals surface area contributed by atoms with Crippen molar-refractivity contribution >= 4 is 11.6 Å². The van der Waals surface area contributed by atoms with E-state index in [1.807, 2.05) is 6.07 Å². The van der Waals surface area contributed by atoms with Gasteiger partial charge in [-0.15, -0.1) is 0 Å². The van der Waals surface area contributed by atoms with Gasteiger partial charge in [0.05, 0.1) is 17.7 Å². The highest BCUT2D eigenvalue weighted by Gasteiger charge is 2.39. The van der Waals surface area contributed by atoms with Crippen LogP contribution in [0.3, 0.4) is 0 Å². The number of amides is 1. The van der Waals surface area contributed by atoms with Crippen molar-refractivity contribution in [1.29, 1.82) is 10.5 Å². The van der Waals surface area contributed by atoms with Gasteiger partial charge in [-0.1, -0.05) is 19.3 Å². The molecule has 1 aliphatic carbocycles. The Balaban J connectivity index is 2.11. The second-order valence-electron chi connectivity index (χ2n) is 4.90. The molecule has 1 amide bonds. The number of hydrogen-bond acceptors (Lipinski definition) is 3.